The van der Waals surface area contributed by atoms with Gasteiger partial charge in [-0.2, -0.15) is 0 Å². The number of carbonyl (C=O) groups is 1. The van der Waals surface area contributed by atoms with Gasteiger partial charge in [0.25, 0.3) is 5.56 Å². The summed E-state index contributed by atoms with van der Waals surface area (Å²) in [6.07, 6.45) is 3.20. The van der Waals surface area contributed by atoms with Crippen molar-refractivity contribution in [3.05, 3.63) is 39.8 Å². The molecule has 1 rings (SSSR count). The predicted octanol–water partition coefficient (Wildman–Crippen LogP) is 2.65. The van der Waals surface area contributed by atoms with Gasteiger partial charge < -0.3 is 9.67 Å². The average molecular weight is 263 g/mol. The molecular formula is C15H21NO3. The number of nitrogens with zero attached hydrogens (tertiary/aromatic N) is 1. The lowest BCUT2D eigenvalue weighted by atomic mass is 9.90. The molecule has 104 valence electrons. The van der Waals surface area contributed by atoms with E-state index in [9.17, 15) is 9.59 Å². The fourth-order valence-corrected chi connectivity index (χ4v) is 1.98. The third-order valence-corrected chi connectivity index (χ3v) is 2.82. The second-order valence-corrected chi connectivity index (χ2v) is 5.55. The van der Waals surface area contributed by atoms with E-state index in [0.29, 0.717) is 12.1 Å². The Labute approximate surface area is 113 Å². The van der Waals surface area contributed by atoms with E-state index < -0.39 is 5.97 Å². The Morgan fingerprint density at radius 3 is 2.47 bits per heavy atom. The molecule has 19 heavy (non-hydrogen) atoms. The average Bonchev–Trinajstić information content (AvgIpc) is 2.28. The van der Waals surface area contributed by atoms with Crippen LogP contribution < -0.4 is 5.56 Å². The number of carboxylic acid groups (broad SMARTS) is 1. The first-order valence-corrected chi connectivity index (χ1v) is 6.42. The largest absolute Gasteiger partial charge is 0.478 e. The number of pyridine rings is 1. The molecule has 0 amide bonds. The maximum absolute atomic E-state index is 12.4. The minimum Gasteiger partial charge on any atom is -0.478 e. The lowest BCUT2D eigenvalue weighted by Gasteiger charge is -2.24. The van der Waals surface area contributed by atoms with Crippen LogP contribution in [-0.2, 0) is 16.8 Å². The van der Waals surface area contributed by atoms with E-state index in [4.69, 9.17) is 5.11 Å². The highest BCUT2D eigenvalue weighted by molar-refractivity contribution is 5.85. The molecule has 4 nitrogen and oxygen atoms in total. The zero-order valence-corrected chi connectivity index (χ0v) is 11.9. The summed E-state index contributed by atoms with van der Waals surface area (Å²) in [6, 6.07) is 3.59. The van der Waals surface area contributed by atoms with Gasteiger partial charge in [-0.3, -0.25) is 4.79 Å². The van der Waals surface area contributed by atoms with Crippen molar-refractivity contribution in [2.45, 2.75) is 46.1 Å². The lowest BCUT2D eigenvalue weighted by Crippen LogP contribution is -2.30. The number of hydrogen-bond acceptors (Lipinski definition) is 2. The summed E-state index contributed by atoms with van der Waals surface area (Å²) >= 11 is 0. The summed E-state index contributed by atoms with van der Waals surface area (Å²) < 4.78 is 1.74. The van der Waals surface area contributed by atoms with Crippen molar-refractivity contribution < 1.29 is 9.90 Å². The maximum Gasteiger partial charge on any atom is 0.328 e. The molecule has 1 aromatic heterocycles. The molecule has 0 atom stereocenters. The number of aromatic nitrogens is 1. The van der Waals surface area contributed by atoms with E-state index in [0.717, 1.165) is 18.2 Å². The summed E-state index contributed by atoms with van der Waals surface area (Å²) in [5.74, 6) is -1.05. The highest BCUT2D eigenvalue weighted by Crippen LogP contribution is 2.21. The van der Waals surface area contributed by atoms with Crippen LogP contribution in [-0.4, -0.2) is 15.6 Å². The summed E-state index contributed by atoms with van der Waals surface area (Å²) in [4.78, 5) is 22.9. The van der Waals surface area contributed by atoms with Crippen molar-refractivity contribution >= 4 is 12.0 Å². The number of carboxylic acids is 1. The van der Waals surface area contributed by atoms with Crippen LogP contribution in [0.1, 0.15) is 45.4 Å². The number of hydrogen-bond donors (Lipinski definition) is 1. The van der Waals surface area contributed by atoms with Crippen molar-refractivity contribution in [3.63, 3.8) is 0 Å². The first-order chi connectivity index (χ1) is 8.77. The molecule has 1 heterocycles. The van der Waals surface area contributed by atoms with E-state index in [1.165, 1.54) is 6.08 Å². The molecule has 0 bridgehead atoms. The van der Waals surface area contributed by atoms with Crippen molar-refractivity contribution in [1.29, 1.82) is 0 Å². The Morgan fingerprint density at radius 1 is 1.37 bits per heavy atom. The molecule has 0 radical (unpaired) electrons. The van der Waals surface area contributed by atoms with Crippen molar-refractivity contribution in [2.24, 2.45) is 0 Å². The summed E-state index contributed by atoms with van der Waals surface area (Å²) in [5.41, 5.74) is 1.12. The van der Waals surface area contributed by atoms with Gasteiger partial charge in [0.2, 0.25) is 0 Å². The Bertz CT molecular complexity index is 547. The zero-order chi connectivity index (χ0) is 14.6. The molecule has 0 saturated carbocycles. The molecule has 0 fully saturated rings. The van der Waals surface area contributed by atoms with Crippen LogP contribution >= 0.6 is 0 Å². The number of rotatable bonds is 4. The molecule has 1 aromatic rings. The van der Waals surface area contributed by atoms with Crippen LogP contribution in [0.15, 0.2) is 23.0 Å². The first kappa shape index (κ1) is 15.2. The van der Waals surface area contributed by atoms with E-state index in [1.54, 1.807) is 10.6 Å². The van der Waals surface area contributed by atoms with Gasteiger partial charge in [-0.15, -0.1) is 0 Å². The van der Waals surface area contributed by atoms with Crippen LogP contribution in [0.2, 0.25) is 0 Å². The molecule has 4 heteroatoms. The van der Waals surface area contributed by atoms with E-state index in [2.05, 4.69) is 20.8 Å². The zero-order valence-electron chi connectivity index (χ0n) is 11.9. The van der Waals surface area contributed by atoms with Gasteiger partial charge in [0.05, 0.1) is 0 Å². The van der Waals surface area contributed by atoms with E-state index in [-0.39, 0.29) is 11.0 Å². The fourth-order valence-electron chi connectivity index (χ4n) is 1.98. The highest BCUT2D eigenvalue weighted by atomic mass is 16.4. The molecule has 0 spiro atoms. The van der Waals surface area contributed by atoms with Crippen molar-refractivity contribution in [1.82, 2.24) is 4.57 Å². The van der Waals surface area contributed by atoms with Gasteiger partial charge in [-0.05, 0) is 24.6 Å². The second kappa shape index (κ2) is 5.87. The molecule has 1 N–H and O–H groups in total. The predicted molar refractivity (Wildman–Crippen MR) is 76.4 cm³/mol. The van der Waals surface area contributed by atoms with Gasteiger partial charge in [0, 0.05) is 29.3 Å². The van der Waals surface area contributed by atoms with Gasteiger partial charge >= 0.3 is 5.97 Å². The molecule has 0 saturated heterocycles. The Balaban J connectivity index is 3.39. The molecule has 0 aliphatic heterocycles. The van der Waals surface area contributed by atoms with E-state index in [1.807, 2.05) is 13.0 Å². The SMILES string of the molecule is CCCn1c(C(C)(C)C)ccc(/C=C/C(=O)O)c1=O. The van der Waals surface area contributed by atoms with Crippen molar-refractivity contribution in [2.75, 3.05) is 0 Å². The standard InChI is InChI=1S/C15H21NO3/c1-5-10-16-12(15(2,3)4)8-6-11(14(16)19)7-9-13(17)18/h6-9H,5,10H2,1-4H3,(H,17,18)/b9-7+. The highest BCUT2D eigenvalue weighted by Gasteiger charge is 2.19. The van der Waals surface area contributed by atoms with Crippen LogP contribution in [0.25, 0.3) is 6.08 Å². The van der Waals surface area contributed by atoms with Gasteiger partial charge in [0.1, 0.15) is 0 Å². The fraction of sp³-hybridized carbons (Fsp3) is 0.467. The maximum atomic E-state index is 12.4. The monoisotopic (exact) mass is 263 g/mol. The van der Waals surface area contributed by atoms with Gasteiger partial charge in [-0.1, -0.05) is 27.7 Å². The van der Waals surface area contributed by atoms with Gasteiger partial charge in [-0.25, -0.2) is 4.79 Å². The molecule has 0 aliphatic carbocycles. The minimum atomic E-state index is -1.05. The third-order valence-electron chi connectivity index (χ3n) is 2.82. The molecule has 0 unspecified atom stereocenters. The normalized spacial score (nSPS) is 12.0. The minimum absolute atomic E-state index is 0.122. The topological polar surface area (TPSA) is 59.3 Å². The van der Waals surface area contributed by atoms with Crippen LogP contribution in [0, 0.1) is 0 Å². The summed E-state index contributed by atoms with van der Waals surface area (Å²) in [7, 11) is 0. The molecular weight excluding hydrogens is 242 g/mol. The van der Waals surface area contributed by atoms with Crippen LogP contribution in [0.4, 0.5) is 0 Å². The quantitative estimate of drug-likeness (QED) is 0.849. The van der Waals surface area contributed by atoms with Crippen molar-refractivity contribution in [3.8, 4) is 0 Å². The Hall–Kier alpha value is -1.84. The van der Waals surface area contributed by atoms with E-state index >= 15 is 0 Å². The Morgan fingerprint density at radius 2 is 2.00 bits per heavy atom. The smallest absolute Gasteiger partial charge is 0.328 e. The third kappa shape index (κ3) is 3.81. The summed E-state index contributed by atoms with van der Waals surface area (Å²) in [5, 5.41) is 8.63. The molecule has 0 aliphatic rings. The number of aliphatic carboxylic acids is 1. The van der Waals surface area contributed by atoms with Crippen LogP contribution in [0.3, 0.4) is 0 Å². The van der Waals surface area contributed by atoms with Gasteiger partial charge in [0.15, 0.2) is 0 Å². The van der Waals surface area contributed by atoms with Crippen LogP contribution in [0.5, 0.6) is 0 Å². The first-order valence-electron chi connectivity index (χ1n) is 6.42. The summed E-state index contributed by atoms with van der Waals surface area (Å²) in [6.45, 7) is 8.82. The lowest BCUT2D eigenvalue weighted by molar-refractivity contribution is -0.131. The molecule has 0 aromatic carbocycles. The second-order valence-electron chi connectivity index (χ2n) is 5.55. The Kier molecular flexibility index (Phi) is 4.70.